The first kappa shape index (κ1) is 17.3. The highest BCUT2D eigenvalue weighted by molar-refractivity contribution is 8.27. The Morgan fingerprint density at radius 2 is 1.83 bits per heavy atom. The number of thiol groups is 1. The van der Waals surface area contributed by atoms with E-state index in [2.05, 4.69) is 0 Å². The van der Waals surface area contributed by atoms with Gasteiger partial charge < -0.3 is 0 Å². The third-order valence-electron chi connectivity index (χ3n) is 3.71. The first-order valence-electron chi connectivity index (χ1n) is 7.25. The smallest absolute Gasteiger partial charge is 0.175 e. The highest BCUT2D eigenvalue weighted by Crippen LogP contribution is 2.56. The molecule has 0 saturated carbocycles. The molecule has 6 heteroatoms. The number of halogens is 1. The molecule has 1 heterocycles. The zero-order valence-electron chi connectivity index (χ0n) is 12.9. The molecule has 125 valence electrons. The maximum absolute atomic E-state index is 11.8. The van der Waals surface area contributed by atoms with E-state index in [-0.39, 0.29) is 11.5 Å². The highest BCUT2D eigenvalue weighted by atomic mass is 35.5. The van der Waals surface area contributed by atoms with Crippen molar-refractivity contribution in [2.45, 2.75) is 9.79 Å². The van der Waals surface area contributed by atoms with E-state index in [1.54, 1.807) is 18.2 Å². The zero-order chi connectivity index (χ0) is 17.3. The Morgan fingerprint density at radius 1 is 1.08 bits per heavy atom. The monoisotopic (exact) mass is 379 g/mol. The molecule has 1 aliphatic heterocycles. The van der Waals surface area contributed by atoms with Crippen molar-refractivity contribution in [1.29, 1.82) is 0 Å². The average Bonchev–Trinajstić information content (AvgIpc) is 2.99. The van der Waals surface area contributed by atoms with Crippen LogP contribution in [0.2, 0.25) is 5.02 Å². The van der Waals surface area contributed by atoms with Crippen molar-refractivity contribution in [2.75, 3.05) is 12.9 Å². The number of hydrogen-bond acceptors (Lipinski definition) is 2. The zero-order valence-corrected chi connectivity index (χ0v) is 15.4. The van der Waals surface area contributed by atoms with Gasteiger partial charge in [-0.25, -0.2) is 13.5 Å². The van der Waals surface area contributed by atoms with Gasteiger partial charge in [0.05, 0.1) is 9.92 Å². The van der Waals surface area contributed by atoms with Crippen LogP contribution in [-0.2, 0) is 14.9 Å². The molecule has 3 rings (SSSR count). The van der Waals surface area contributed by atoms with Crippen molar-refractivity contribution in [3.05, 3.63) is 76.2 Å². The Labute approximate surface area is 149 Å². The van der Waals surface area contributed by atoms with E-state index in [1.807, 2.05) is 41.8 Å². The van der Waals surface area contributed by atoms with Crippen molar-refractivity contribution >= 4 is 37.2 Å². The first-order valence-corrected chi connectivity index (χ1v) is 10.9. The molecule has 0 amide bonds. The molecule has 24 heavy (non-hydrogen) atoms. The van der Waals surface area contributed by atoms with Gasteiger partial charge in [-0.2, -0.15) is 10.9 Å². The lowest BCUT2D eigenvalue weighted by molar-refractivity contribution is 0.226. The minimum atomic E-state index is -3.29. The van der Waals surface area contributed by atoms with E-state index in [0.717, 1.165) is 15.4 Å². The van der Waals surface area contributed by atoms with Crippen LogP contribution in [0.3, 0.4) is 0 Å². The molecule has 3 nitrogen and oxygen atoms in total. The summed E-state index contributed by atoms with van der Waals surface area (Å²) in [6.45, 7) is -0.307. The van der Waals surface area contributed by atoms with Crippen LogP contribution in [-0.4, -0.2) is 21.3 Å². The lowest BCUT2D eigenvalue weighted by Gasteiger charge is -2.20. The predicted octanol–water partition coefficient (Wildman–Crippen LogP) is 4.47. The van der Waals surface area contributed by atoms with Crippen molar-refractivity contribution in [2.24, 2.45) is 0 Å². The summed E-state index contributed by atoms with van der Waals surface area (Å²) >= 11 is 6.34. The van der Waals surface area contributed by atoms with Gasteiger partial charge in [-0.1, -0.05) is 35.9 Å². The average molecular weight is 380 g/mol. The molecule has 0 saturated heterocycles. The van der Waals surface area contributed by atoms with Gasteiger partial charge in [-0.15, -0.1) is 0 Å². The minimum absolute atomic E-state index is 0.269. The van der Waals surface area contributed by atoms with Gasteiger partial charge >= 0.3 is 0 Å². The maximum Gasteiger partial charge on any atom is 0.175 e. The molecular formula is C18H16ClO3S2. The van der Waals surface area contributed by atoms with E-state index in [0.29, 0.717) is 10.6 Å². The molecule has 1 atom stereocenters. The fraction of sp³-hybridized carbons (Fsp3) is 0.111. The van der Waals surface area contributed by atoms with Crippen molar-refractivity contribution in [3.63, 3.8) is 0 Å². The van der Waals surface area contributed by atoms with Crippen LogP contribution in [0.15, 0.2) is 75.4 Å². The summed E-state index contributed by atoms with van der Waals surface area (Å²) in [5.74, 6) is 0. The maximum atomic E-state index is 11.8. The standard InChI is InChI=1S/C18H16ClO3S2/c1-24(21,22)15-6-4-5-14(10-15)18-9-13(11-20)12-23(18)17-8-3-2-7-16(17)19/h2-10,12,23H,11H2,1H3. The molecule has 1 aliphatic rings. The number of hydrogen-bond donors (Lipinski definition) is 1. The topological polar surface area (TPSA) is 54.0 Å². The Morgan fingerprint density at radius 3 is 2.50 bits per heavy atom. The van der Waals surface area contributed by atoms with Crippen molar-refractivity contribution < 1.29 is 13.5 Å². The van der Waals surface area contributed by atoms with Gasteiger partial charge in [0.1, 0.15) is 6.61 Å². The molecule has 0 aromatic heterocycles. The van der Waals surface area contributed by atoms with Gasteiger partial charge in [-0.3, -0.25) is 0 Å². The predicted molar refractivity (Wildman–Crippen MR) is 99.9 cm³/mol. The van der Waals surface area contributed by atoms with Crippen molar-refractivity contribution in [3.8, 4) is 0 Å². The summed E-state index contributed by atoms with van der Waals surface area (Å²) in [6, 6.07) is 14.4. The normalized spacial score (nSPS) is 19.0. The Kier molecular flexibility index (Phi) is 4.88. The molecule has 0 N–H and O–H groups in total. The van der Waals surface area contributed by atoms with Crippen LogP contribution in [0.1, 0.15) is 5.56 Å². The van der Waals surface area contributed by atoms with Crippen LogP contribution in [0.5, 0.6) is 0 Å². The van der Waals surface area contributed by atoms with E-state index in [9.17, 15) is 13.5 Å². The number of sulfone groups is 1. The van der Waals surface area contributed by atoms with E-state index < -0.39 is 20.7 Å². The fourth-order valence-corrected chi connectivity index (χ4v) is 5.92. The Hall–Kier alpha value is -1.53. The Balaban J connectivity index is 2.11. The lowest BCUT2D eigenvalue weighted by Crippen LogP contribution is -1.97. The molecule has 1 radical (unpaired) electrons. The lowest BCUT2D eigenvalue weighted by atomic mass is 10.2. The molecule has 2 aromatic rings. The van der Waals surface area contributed by atoms with Gasteiger partial charge in [0.2, 0.25) is 0 Å². The molecule has 0 fully saturated rings. The SMILES string of the molecule is CS(=O)(=O)c1cccc(C2=CC(C[O])=C[SH]2c2ccccc2Cl)c1. The number of benzene rings is 2. The number of rotatable bonds is 4. The summed E-state index contributed by atoms with van der Waals surface area (Å²) in [5, 5.41) is 14.0. The second kappa shape index (κ2) is 6.76. The minimum Gasteiger partial charge on any atom is -0.232 e. The largest absolute Gasteiger partial charge is 0.232 e. The summed E-state index contributed by atoms with van der Waals surface area (Å²) in [6.07, 6.45) is 3.05. The fourth-order valence-electron chi connectivity index (χ4n) is 2.55. The molecular weight excluding hydrogens is 364 g/mol. The van der Waals surface area contributed by atoms with Crippen molar-refractivity contribution in [1.82, 2.24) is 0 Å². The van der Waals surface area contributed by atoms with Crippen LogP contribution >= 0.6 is 22.5 Å². The van der Waals surface area contributed by atoms with Crippen LogP contribution in [0.25, 0.3) is 4.91 Å². The summed E-state index contributed by atoms with van der Waals surface area (Å²) < 4.78 is 23.7. The van der Waals surface area contributed by atoms with E-state index in [1.165, 1.54) is 6.26 Å². The molecule has 0 aliphatic carbocycles. The van der Waals surface area contributed by atoms with Gasteiger partial charge in [0.15, 0.2) is 9.84 Å². The Bertz CT molecular complexity index is 946. The second-order valence-electron chi connectivity index (χ2n) is 5.50. The van der Waals surface area contributed by atoms with Gasteiger partial charge in [0, 0.05) is 16.1 Å². The van der Waals surface area contributed by atoms with Crippen LogP contribution in [0, 0.1) is 0 Å². The summed E-state index contributed by atoms with van der Waals surface area (Å²) in [4.78, 5) is 2.19. The summed E-state index contributed by atoms with van der Waals surface area (Å²) in [5.41, 5.74) is 1.52. The van der Waals surface area contributed by atoms with Gasteiger partial charge in [-0.05, 0) is 46.9 Å². The summed E-state index contributed by atoms with van der Waals surface area (Å²) in [7, 11) is -4.21. The molecule has 2 aromatic carbocycles. The van der Waals surface area contributed by atoms with E-state index in [4.69, 9.17) is 11.6 Å². The molecule has 0 bridgehead atoms. The molecule has 1 unspecified atom stereocenters. The molecule has 0 spiro atoms. The second-order valence-corrected chi connectivity index (χ2v) is 9.88. The quantitative estimate of drug-likeness (QED) is 0.796. The van der Waals surface area contributed by atoms with Crippen LogP contribution < -0.4 is 0 Å². The van der Waals surface area contributed by atoms with Gasteiger partial charge in [0.25, 0.3) is 0 Å². The van der Waals surface area contributed by atoms with Crippen LogP contribution in [0.4, 0.5) is 0 Å². The third-order valence-corrected chi connectivity index (χ3v) is 7.69. The van der Waals surface area contributed by atoms with E-state index >= 15 is 0 Å². The third kappa shape index (κ3) is 3.44. The first-order chi connectivity index (χ1) is 11.4. The highest BCUT2D eigenvalue weighted by Gasteiger charge is 2.22.